The normalized spacial score (nSPS) is 16.2. The third-order valence-corrected chi connectivity index (χ3v) is 1.77. The van der Waals surface area contributed by atoms with Crippen LogP contribution in [0.25, 0.3) is 0 Å². The summed E-state index contributed by atoms with van der Waals surface area (Å²) in [5.74, 6) is -2.63. The molecule has 1 aromatic rings. The molecule has 1 aliphatic rings. The molecular weight excluding hydrogens is 198 g/mol. The summed E-state index contributed by atoms with van der Waals surface area (Å²) < 4.78 is 27.0. The molecular formula is C10H7NO4. The van der Waals surface area contributed by atoms with Crippen LogP contribution in [-0.2, 0) is 9.53 Å². The third kappa shape index (κ3) is 1.48. The van der Waals surface area contributed by atoms with Gasteiger partial charge in [-0.3, -0.25) is 4.79 Å². The molecule has 1 N–H and O–H groups in total. The molecule has 0 atom stereocenters. The minimum Gasteiger partial charge on any atom is -0.386 e. The maximum Gasteiger partial charge on any atom is 0.349 e. The number of benzene rings is 1. The molecule has 1 aromatic carbocycles. The van der Waals surface area contributed by atoms with Gasteiger partial charge in [-0.15, -0.1) is 0 Å². The second-order valence-corrected chi connectivity index (χ2v) is 2.86. The Hall–Kier alpha value is -2.17. The van der Waals surface area contributed by atoms with E-state index >= 15 is 0 Å². The van der Waals surface area contributed by atoms with Gasteiger partial charge in [-0.05, 0) is 12.1 Å². The molecule has 0 fully saturated rings. The lowest BCUT2D eigenvalue weighted by atomic mass is 10.1. The molecule has 0 saturated carbocycles. The summed E-state index contributed by atoms with van der Waals surface area (Å²) in [6, 6.07) is -1.61. The van der Waals surface area contributed by atoms with Crippen LogP contribution in [0.2, 0.25) is 0 Å². The Morgan fingerprint density at radius 2 is 2.13 bits per heavy atom. The van der Waals surface area contributed by atoms with Crippen LogP contribution in [0.3, 0.4) is 0 Å². The molecule has 0 spiro atoms. The molecule has 0 bridgehead atoms. The average Bonchev–Trinajstić information content (AvgIpc) is 2.56. The van der Waals surface area contributed by atoms with Gasteiger partial charge in [-0.1, -0.05) is 6.04 Å². The van der Waals surface area contributed by atoms with E-state index in [0.29, 0.717) is 0 Å². The summed E-state index contributed by atoms with van der Waals surface area (Å²) in [7, 11) is 0. The summed E-state index contributed by atoms with van der Waals surface area (Å²) in [6.45, 7) is 1.16. The first-order valence-corrected chi connectivity index (χ1v) is 4.02. The Kier molecular flexibility index (Phi) is 1.35. The Morgan fingerprint density at radius 1 is 1.40 bits per heavy atom. The Bertz CT molecular complexity index is 612. The zero-order valence-corrected chi connectivity index (χ0v) is 7.63. The van der Waals surface area contributed by atoms with Crippen molar-refractivity contribution >= 4 is 23.5 Å². The average molecular weight is 208 g/mol. The lowest BCUT2D eigenvalue weighted by molar-refractivity contribution is -0.114. The minimum atomic E-state index is -1.04. The van der Waals surface area contributed by atoms with E-state index in [-0.39, 0.29) is 16.8 Å². The van der Waals surface area contributed by atoms with Gasteiger partial charge >= 0.3 is 11.9 Å². The van der Waals surface area contributed by atoms with Crippen molar-refractivity contribution in [3.8, 4) is 0 Å². The Labute approximate surface area is 89.2 Å². The molecule has 1 amide bonds. The number of hydrogen-bond donors (Lipinski definition) is 1. The van der Waals surface area contributed by atoms with Gasteiger partial charge in [-0.2, -0.15) is 0 Å². The number of cyclic esters (lactones) is 2. The summed E-state index contributed by atoms with van der Waals surface area (Å²) in [6.07, 6.45) is 0. The fourth-order valence-electron chi connectivity index (χ4n) is 1.22. The van der Waals surface area contributed by atoms with E-state index < -0.39 is 36.0 Å². The molecule has 15 heavy (non-hydrogen) atoms. The number of amides is 1. The highest BCUT2D eigenvalue weighted by molar-refractivity contribution is 6.18. The van der Waals surface area contributed by atoms with Gasteiger partial charge in [0.15, 0.2) is 0 Å². The maximum absolute atomic E-state index is 11.5. The quantitative estimate of drug-likeness (QED) is 0.551. The first-order chi connectivity index (χ1) is 8.34. The summed E-state index contributed by atoms with van der Waals surface area (Å²) >= 11 is 0. The smallest absolute Gasteiger partial charge is 0.349 e. The largest absolute Gasteiger partial charge is 0.386 e. The van der Waals surface area contributed by atoms with E-state index in [1.165, 1.54) is 0 Å². The van der Waals surface area contributed by atoms with Crippen molar-refractivity contribution in [3.05, 3.63) is 29.3 Å². The zero-order valence-electron chi connectivity index (χ0n) is 10.6. The number of fused-ring (bicyclic) bond motifs is 1. The predicted octanol–water partition coefficient (Wildman–Crippen LogP) is 0.956. The number of rotatable bonds is 1. The number of nitrogens with one attached hydrogen (secondary N) is 1. The molecule has 5 heteroatoms. The minimum absolute atomic E-state index is 0.269. The van der Waals surface area contributed by atoms with E-state index in [4.69, 9.17) is 4.11 Å². The van der Waals surface area contributed by atoms with Crippen molar-refractivity contribution < 1.29 is 23.2 Å². The second-order valence-electron chi connectivity index (χ2n) is 2.86. The molecule has 0 unspecified atom stereocenters. The first-order valence-electron chi connectivity index (χ1n) is 5.52. The Balaban J connectivity index is 2.82. The van der Waals surface area contributed by atoms with Gasteiger partial charge in [-0.25, -0.2) is 9.59 Å². The lowest BCUT2D eigenvalue weighted by Gasteiger charge is -2.03. The lowest BCUT2D eigenvalue weighted by Crippen LogP contribution is -2.09. The molecule has 0 saturated heterocycles. The topological polar surface area (TPSA) is 72.5 Å². The fraction of sp³-hybridized carbons (Fsp3) is 0.100. The number of carbonyl (C=O) groups excluding carboxylic acids is 3. The summed E-state index contributed by atoms with van der Waals surface area (Å²) in [5, 5.41) is 2.21. The zero-order chi connectivity index (χ0) is 13.6. The fourth-order valence-corrected chi connectivity index (χ4v) is 1.22. The monoisotopic (exact) mass is 208 g/mol. The third-order valence-electron chi connectivity index (χ3n) is 1.77. The van der Waals surface area contributed by atoms with E-state index in [1.807, 2.05) is 0 Å². The molecule has 1 aliphatic heterocycles. The van der Waals surface area contributed by atoms with E-state index in [0.717, 1.165) is 6.92 Å². The van der Waals surface area contributed by atoms with Crippen LogP contribution >= 0.6 is 0 Å². The second kappa shape index (κ2) is 3.20. The molecule has 1 heterocycles. The number of ether oxygens (including phenoxy) is 1. The Morgan fingerprint density at radius 3 is 2.80 bits per heavy atom. The summed E-state index contributed by atoms with van der Waals surface area (Å²) in [5.41, 5.74) is -0.986. The van der Waals surface area contributed by atoms with Crippen LogP contribution < -0.4 is 5.32 Å². The number of hydrogen-bond acceptors (Lipinski definition) is 4. The molecule has 76 valence electrons. The van der Waals surface area contributed by atoms with Crippen LogP contribution in [0.1, 0.15) is 31.8 Å². The standard InChI is InChI=1S/C10H7NO4/c1-5(12)11-7-4-2-3-6-8(7)10(14)15-9(6)13/h2-4H,1H3,(H,11,12)/i2D,3D,4D. The van der Waals surface area contributed by atoms with E-state index in [1.54, 1.807) is 0 Å². The van der Waals surface area contributed by atoms with E-state index in [9.17, 15) is 14.4 Å². The van der Waals surface area contributed by atoms with Crippen molar-refractivity contribution in [2.45, 2.75) is 6.92 Å². The van der Waals surface area contributed by atoms with Crippen LogP contribution in [0, 0.1) is 0 Å². The molecule has 2 rings (SSSR count). The SMILES string of the molecule is [2H]c1c([2H])c(NC(C)=O)c2c(c1[2H])C(=O)OC2=O. The predicted molar refractivity (Wildman–Crippen MR) is 50.5 cm³/mol. The van der Waals surface area contributed by atoms with Gasteiger partial charge in [0.25, 0.3) is 0 Å². The van der Waals surface area contributed by atoms with E-state index in [2.05, 4.69) is 10.1 Å². The van der Waals surface area contributed by atoms with Crippen molar-refractivity contribution in [2.75, 3.05) is 5.32 Å². The molecule has 0 aliphatic carbocycles. The van der Waals surface area contributed by atoms with Crippen LogP contribution in [0.5, 0.6) is 0 Å². The first kappa shape index (κ1) is 6.34. The van der Waals surface area contributed by atoms with Crippen LogP contribution in [0.4, 0.5) is 5.69 Å². The molecule has 0 radical (unpaired) electrons. The molecule has 5 nitrogen and oxygen atoms in total. The highest BCUT2D eigenvalue weighted by Gasteiger charge is 2.32. The van der Waals surface area contributed by atoms with Crippen molar-refractivity contribution in [3.63, 3.8) is 0 Å². The van der Waals surface area contributed by atoms with Gasteiger partial charge < -0.3 is 10.1 Å². The van der Waals surface area contributed by atoms with Gasteiger partial charge in [0.05, 0.1) is 20.9 Å². The van der Waals surface area contributed by atoms with Crippen molar-refractivity contribution in [1.29, 1.82) is 0 Å². The van der Waals surface area contributed by atoms with Gasteiger partial charge in [0.2, 0.25) is 5.91 Å². The summed E-state index contributed by atoms with van der Waals surface area (Å²) in [4.78, 5) is 33.9. The van der Waals surface area contributed by atoms with Crippen molar-refractivity contribution in [2.24, 2.45) is 0 Å². The van der Waals surface area contributed by atoms with Gasteiger partial charge in [0.1, 0.15) is 0 Å². The van der Waals surface area contributed by atoms with Crippen LogP contribution in [0.15, 0.2) is 18.1 Å². The maximum atomic E-state index is 11.5. The van der Waals surface area contributed by atoms with Crippen LogP contribution in [-0.4, -0.2) is 17.8 Å². The highest BCUT2D eigenvalue weighted by atomic mass is 16.6. The van der Waals surface area contributed by atoms with Gasteiger partial charge in [0, 0.05) is 6.92 Å². The highest BCUT2D eigenvalue weighted by Crippen LogP contribution is 2.27. The number of anilines is 1. The van der Waals surface area contributed by atoms with Crippen molar-refractivity contribution in [1.82, 2.24) is 0 Å². The number of esters is 2. The molecule has 0 aromatic heterocycles. The number of carbonyl (C=O) groups is 3.